The van der Waals surface area contributed by atoms with Crippen LogP contribution in [0.2, 0.25) is 0 Å². The number of carbonyl (C=O) groups is 2. The van der Waals surface area contributed by atoms with Gasteiger partial charge in [0.1, 0.15) is 0 Å². The number of carbonyl (C=O) groups excluding carboxylic acids is 2. The molecule has 6 heteroatoms. The fourth-order valence-electron chi connectivity index (χ4n) is 2.00. The molecule has 1 saturated heterocycles. The SMILES string of the molecule is CN(C)C1CCN(C(=O)CCC(=O)[O-])CC1.[Cs+]. The predicted molar refractivity (Wildman–Crippen MR) is 57.5 cm³/mol. The van der Waals surface area contributed by atoms with Gasteiger partial charge in [0.2, 0.25) is 5.91 Å². The van der Waals surface area contributed by atoms with E-state index in [1.54, 1.807) is 4.90 Å². The Morgan fingerprint density at radius 1 is 1.24 bits per heavy atom. The molecule has 1 amide bonds. The maximum absolute atomic E-state index is 11.6. The second-order valence-electron chi connectivity index (χ2n) is 4.45. The van der Waals surface area contributed by atoms with Gasteiger partial charge in [-0.3, -0.25) is 4.79 Å². The summed E-state index contributed by atoms with van der Waals surface area (Å²) in [7, 11) is 4.08. The number of carboxylic acid groups (broad SMARTS) is 1. The van der Waals surface area contributed by atoms with E-state index in [0.717, 1.165) is 25.9 Å². The van der Waals surface area contributed by atoms with Crippen LogP contribution in [-0.2, 0) is 9.59 Å². The first-order chi connectivity index (χ1) is 7.50. The molecule has 1 heterocycles. The van der Waals surface area contributed by atoms with Gasteiger partial charge in [0.05, 0.1) is 0 Å². The third kappa shape index (κ3) is 6.61. The Kier molecular flexibility index (Phi) is 9.45. The van der Waals surface area contributed by atoms with Crippen molar-refractivity contribution in [3.63, 3.8) is 0 Å². The molecule has 1 aliphatic heterocycles. The number of aliphatic carboxylic acids is 1. The quantitative estimate of drug-likeness (QED) is 0.514. The van der Waals surface area contributed by atoms with E-state index in [1.165, 1.54) is 0 Å². The molecule has 0 atom stereocenters. The molecule has 1 aliphatic rings. The second-order valence-corrected chi connectivity index (χ2v) is 4.45. The van der Waals surface area contributed by atoms with Crippen LogP contribution >= 0.6 is 0 Å². The molecule has 0 aromatic heterocycles. The van der Waals surface area contributed by atoms with E-state index in [-0.39, 0.29) is 87.6 Å². The van der Waals surface area contributed by atoms with Crippen molar-refractivity contribution < 1.29 is 83.6 Å². The minimum Gasteiger partial charge on any atom is -0.550 e. The van der Waals surface area contributed by atoms with Crippen molar-refractivity contribution in [2.75, 3.05) is 27.2 Å². The third-order valence-electron chi connectivity index (χ3n) is 3.09. The molecule has 0 aromatic rings. The van der Waals surface area contributed by atoms with Crippen molar-refractivity contribution in [2.45, 2.75) is 31.7 Å². The maximum Gasteiger partial charge on any atom is 1.00 e. The van der Waals surface area contributed by atoms with Crippen LogP contribution in [0, 0.1) is 0 Å². The number of amides is 1. The summed E-state index contributed by atoms with van der Waals surface area (Å²) in [6, 6.07) is 0.533. The molecule has 5 nitrogen and oxygen atoms in total. The Labute approximate surface area is 161 Å². The summed E-state index contributed by atoms with van der Waals surface area (Å²) in [4.78, 5) is 25.8. The fourth-order valence-corrected chi connectivity index (χ4v) is 2.00. The number of piperidine rings is 1. The zero-order chi connectivity index (χ0) is 12.1. The standard InChI is InChI=1S/C11H20N2O3.Cs/c1-12(2)9-5-7-13(8-6-9)10(14)3-4-11(15)16;/h9H,3-8H2,1-2H3,(H,15,16);/q;+1/p-1. The molecule has 92 valence electrons. The predicted octanol–water partition coefficient (Wildman–Crippen LogP) is -3.93. The molecular formula is C11H19CsN2O3. The summed E-state index contributed by atoms with van der Waals surface area (Å²) < 4.78 is 0. The largest absolute Gasteiger partial charge is 1.00 e. The Bertz CT molecular complexity index is 263. The van der Waals surface area contributed by atoms with Gasteiger partial charge in [-0.2, -0.15) is 0 Å². The number of hydrogen-bond acceptors (Lipinski definition) is 4. The average Bonchev–Trinajstić information content (AvgIpc) is 2.26. The maximum atomic E-state index is 11.6. The Morgan fingerprint density at radius 2 is 1.76 bits per heavy atom. The van der Waals surface area contributed by atoms with Gasteiger partial charge >= 0.3 is 68.9 Å². The van der Waals surface area contributed by atoms with Crippen LogP contribution in [0.3, 0.4) is 0 Å². The summed E-state index contributed by atoms with van der Waals surface area (Å²) in [6.07, 6.45) is 1.82. The topological polar surface area (TPSA) is 63.7 Å². The van der Waals surface area contributed by atoms with E-state index in [9.17, 15) is 14.7 Å². The molecule has 0 unspecified atom stereocenters. The van der Waals surface area contributed by atoms with Crippen LogP contribution in [0.15, 0.2) is 0 Å². The van der Waals surface area contributed by atoms with Crippen LogP contribution in [0.25, 0.3) is 0 Å². The van der Waals surface area contributed by atoms with Gasteiger partial charge in [0, 0.05) is 31.5 Å². The molecule has 0 spiro atoms. The third-order valence-corrected chi connectivity index (χ3v) is 3.09. The van der Waals surface area contributed by atoms with Gasteiger partial charge in [-0.15, -0.1) is 0 Å². The average molecular weight is 360 g/mol. The van der Waals surface area contributed by atoms with Crippen molar-refractivity contribution in [1.29, 1.82) is 0 Å². The van der Waals surface area contributed by atoms with Gasteiger partial charge < -0.3 is 19.7 Å². The van der Waals surface area contributed by atoms with Crippen molar-refractivity contribution in [2.24, 2.45) is 0 Å². The summed E-state index contributed by atoms with van der Waals surface area (Å²) in [5.74, 6) is -1.22. The van der Waals surface area contributed by atoms with Crippen molar-refractivity contribution in [3.05, 3.63) is 0 Å². The van der Waals surface area contributed by atoms with E-state index >= 15 is 0 Å². The van der Waals surface area contributed by atoms with Crippen LogP contribution < -0.4 is 74.0 Å². The van der Waals surface area contributed by atoms with Crippen LogP contribution in [0.5, 0.6) is 0 Å². The first-order valence-electron chi connectivity index (χ1n) is 5.64. The number of likely N-dealkylation sites (tertiary alicyclic amines) is 1. The zero-order valence-electron chi connectivity index (χ0n) is 10.9. The molecular weight excluding hydrogens is 341 g/mol. The minimum atomic E-state index is -1.16. The zero-order valence-corrected chi connectivity index (χ0v) is 17.2. The number of carboxylic acids is 1. The number of rotatable bonds is 4. The van der Waals surface area contributed by atoms with E-state index < -0.39 is 5.97 Å². The summed E-state index contributed by atoms with van der Waals surface area (Å²) in [5.41, 5.74) is 0. The van der Waals surface area contributed by atoms with E-state index in [2.05, 4.69) is 4.90 Å². The fraction of sp³-hybridized carbons (Fsp3) is 0.818. The van der Waals surface area contributed by atoms with Crippen molar-refractivity contribution in [3.8, 4) is 0 Å². The van der Waals surface area contributed by atoms with Gasteiger partial charge in [-0.25, -0.2) is 0 Å². The molecule has 0 aromatic carbocycles. The molecule has 0 bridgehead atoms. The van der Waals surface area contributed by atoms with Gasteiger partial charge in [0.25, 0.3) is 0 Å². The van der Waals surface area contributed by atoms with Crippen LogP contribution in [0.1, 0.15) is 25.7 Å². The Morgan fingerprint density at radius 3 is 2.18 bits per heavy atom. The summed E-state index contributed by atoms with van der Waals surface area (Å²) in [6.45, 7) is 1.46. The Hall–Kier alpha value is 0.952. The monoisotopic (exact) mass is 360 g/mol. The van der Waals surface area contributed by atoms with E-state index in [1.807, 2.05) is 14.1 Å². The summed E-state index contributed by atoms with van der Waals surface area (Å²) in [5, 5.41) is 10.2. The van der Waals surface area contributed by atoms with Crippen LogP contribution in [-0.4, -0.2) is 54.9 Å². The van der Waals surface area contributed by atoms with Crippen molar-refractivity contribution in [1.82, 2.24) is 9.80 Å². The second kappa shape index (κ2) is 8.95. The van der Waals surface area contributed by atoms with E-state index in [0.29, 0.717) is 6.04 Å². The van der Waals surface area contributed by atoms with Crippen LogP contribution in [0.4, 0.5) is 0 Å². The molecule has 0 aliphatic carbocycles. The smallest absolute Gasteiger partial charge is 0.550 e. The summed E-state index contributed by atoms with van der Waals surface area (Å²) >= 11 is 0. The first kappa shape index (κ1) is 18.0. The molecule has 17 heavy (non-hydrogen) atoms. The van der Waals surface area contributed by atoms with Crippen molar-refractivity contribution >= 4 is 11.9 Å². The minimum absolute atomic E-state index is 0. The van der Waals surface area contributed by atoms with E-state index in [4.69, 9.17) is 0 Å². The molecule has 0 radical (unpaired) electrons. The number of nitrogens with zero attached hydrogens (tertiary/aromatic N) is 2. The molecule has 0 saturated carbocycles. The molecule has 1 fully saturated rings. The molecule has 1 rings (SSSR count). The molecule has 0 N–H and O–H groups in total. The Balaban J connectivity index is 0.00000256. The number of hydrogen-bond donors (Lipinski definition) is 0. The normalized spacial score (nSPS) is 16.8. The first-order valence-corrected chi connectivity index (χ1v) is 5.64. The van der Waals surface area contributed by atoms with Gasteiger partial charge in [-0.05, 0) is 33.4 Å². The van der Waals surface area contributed by atoms with Gasteiger partial charge in [0.15, 0.2) is 0 Å². The van der Waals surface area contributed by atoms with Gasteiger partial charge in [-0.1, -0.05) is 0 Å².